The molecule has 0 aliphatic carbocycles. The Balaban J connectivity index is 0.000000814. The van der Waals surface area contributed by atoms with Gasteiger partial charge in [0.05, 0.1) is 0 Å². The van der Waals surface area contributed by atoms with Crippen molar-refractivity contribution in [2.45, 2.75) is 20.8 Å². The van der Waals surface area contributed by atoms with Gasteiger partial charge in [0, 0.05) is 16.3 Å². The molecule has 5 rings (SSSR count). The summed E-state index contributed by atoms with van der Waals surface area (Å²) in [5, 5.41) is 4.90. The normalized spacial score (nSPS) is 10.9. The van der Waals surface area contributed by atoms with Crippen molar-refractivity contribution < 1.29 is 4.42 Å². The first-order valence-corrected chi connectivity index (χ1v) is 9.22. The van der Waals surface area contributed by atoms with Gasteiger partial charge in [-0.1, -0.05) is 86.6 Å². The van der Waals surface area contributed by atoms with Crippen LogP contribution in [0, 0.1) is 6.92 Å². The summed E-state index contributed by atoms with van der Waals surface area (Å²) >= 11 is 0. The molecule has 4 aromatic carbocycles. The second-order valence-corrected chi connectivity index (χ2v) is 6.27. The highest BCUT2D eigenvalue weighted by atomic mass is 16.3. The topological polar surface area (TPSA) is 13.1 Å². The van der Waals surface area contributed by atoms with Gasteiger partial charge in [0.15, 0.2) is 0 Å². The van der Waals surface area contributed by atoms with Gasteiger partial charge in [-0.3, -0.25) is 0 Å². The highest BCUT2D eigenvalue weighted by molar-refractivity contribution is 6.22. The highest BCUT2D eigenvalue weighted by Gasteiger charge is 2.16. The Hall–Kier alpha value is -3.06. The van der Waals surface area contributed by atoms with Crippen molar-refractivity contribution in [2.75, 3.05) is 0 Å². The Labute approximate surface area is 153 Å². The van der Waals surface area contributed by atoms with Gasteiger partial charge in [0.25, 0.3) is 0 Å². The molecule has 0 amide bonds. The summed E-state index contributed by atoms with van der Waals surface area (Å²) in [5.74, 6) is 0. The number of hydrogen-bond donors (Lipinski definition) is 0. The quantitative estimate of drug-likeness (QED) is 0.304. The molecule has 1 nitrogen and oxygen atoms in total. The summed E-state index contributed by atoms with van der Waals surface area (Å²) in [6, 6.07) is 27.6. The Morgan fingerprint density at radius 1 is 0.654 bits per heavy atom. The van der Waals surface area contributed by atoms with Crippen LogP contribution < -0.4 is 0 Å². The second kappa shape index (κ2) is 6.68. The molecular weight excluding hydrogens is 316 g/mol. The molecule has 1 heteroatoms. The second-order valence-electron chi connectivity index (χ2n) is 6.27. The number of fused-ring (bicyclic) bond motifs is 5. The van der Waals surface area contributed by atoms with Gasteiger partial charge in [-0.15, -0.1) is 0 Å². The molecular formula is C25H22O. The molecule has 0 bridgehead atoms. The Morgan fingerprint density at radius 3 is 2.15 bits per heavy atom. The van der Waals surface area contributed by atoms with E-state index in [-0.39, 0.29) is 0 Å². The highest BCUT2D eigenvalue weighted by Crippen LogP contribution is 2.41. The van der Waals surface area contributed by atoms with Crippen molar-refractivity contribution in [3.8, 4) is 11.1 Å². The van der Waals surface area contributed by atoms with Crippen LogP contribution in [0.4, 0.5) is 0 Å². The lowest BCUT2D eigenvalue weighted by Crippen LogP contribution is -1.81. The summed E-state index contributed by atoms with van der Waals surface area (Å²) in [6.07, 6.45) is 0. The average Bonchev–Trinajstić information content (AvgIpc) is 3.11. The first-order valence-electron chi connectivity index (χ1n) is 9.22. The van der Waals surface area contributed by atoms with E-state index < -0.39 is 0 Å². The fourth-order valence-corrected chi connectivity index (χ4v) is 3.62. The molecule has 0 saturated carbocycles. The standard InChI is InChI=1S/C23H16O.C2H6/c1-15-8-7-13-19-21-18-12-6-5-11-17(18)14-20(23(21)24-22(15)19)16-9-3-2-4-10-16;1-2/h2-14H,1H3;1-2H3. The molecule has 5 aromatic rings. The van der Waals surface area contributed by atoms with Crippen molar-refractivity contribution in [3.63, 3.8) is 0 Å². The van der Waals surface area contributed by atoms with E-state index in [2.05, 4.69) is 79.7 Å². The SMILES string of the molecule is CC.Cc1cccc2c1oc1c(-c3ccccc3)cc3ccccc3c12. The zero-order valence-electron chi connectivity index (χ0n) is 15.4. The van der Waals surface area contributed by atoms with E-state index >= 15 is 0 Å². The zero-order valence-corrected chi connectivity index (χ0v) is 15.4. The first-order chi connectivity index (χ1) is 12.8. The Bertz CT molecular complexity index is 1200. The third kappa shape index (κ3) is 2.48. The predicted molar refractivity (Wildman–Crippen MR) is 113 cm³/mol. The Kier molecular flexibility index (Phi) is 4.22. The molecule has 0 atom stereocenters. The van der Waals surface area contributed by atoms with Crippen molar-refractivity contribution in [3.05, 3.63) is 84.4 Å². The van der Waals surface area contributed by atoms with Gasteiger partial charge in [-0.25, -0.2) is 0 Å². The van der Waals surface area contributed by atoms with Crippen LogP contribution in [-0.2, 0) is 0 Å². The van der Waals surface area contributed by atoms with Crippen LogP contribution >= 0.6 is 0 Å². The van der Waals surface area contributed by atoms with Crippen LogP contribution in [0.15, 0.2) is 83.3 Å². The van der Waals surface area contributed by atoms with Crippen molar-refractivity contribution in [2.24, 2.45) is 0 Å². The zero-order chi connectivity index (χ0) is 18.1. The minimum Gasteiger partial charge on any atom is -0.455 e. The lowest BCUT2D eigenvalue weighted by atomic mass is 9.96. The molecule has 0 spiro atoms. The van der Waals surface area contributed by atoms with Crippen LogP contribution in [0.25, 0.3) is 43.8 Å². The van der Waals surface area contributed by atoms with E-state index in [4.69, 9.17) is 4.42 Å². The van der Waals surface area contributed by atoms with Crippen molar-refractivity contribution >= 4 is 32.7 Å². The van der Waals surface area contributed by atoms with Crippen LogP contribution in [0.3, 0.4) is 0 Å². The number of para-hydroxylation sites is 1. The fraction of sp³-hybridized carbons (Fsp3) is 0.120. The van der Waals surface area contributed by atoms with Gasteiger partial charge in [0.2, 0.25) is 0 Å². The fourth-order valence-electron chi connectivity index (χ4n) is 3.62. The third-order valence-electron chi connectivity index (χ3n) is 4.77. The van der Waals surface area contributed by atoms with E-state index in [1.165, 1.54) is 32.7 Å². The maximum absolute atomic E-state index is 6.38. The first kappa shape index (κ1) is 16.4. The number of aryl methyl sites for hydroxylation is 1. The summed E-state index contributed by atoms with van der Waals surface area (Å²) in [7, 11) is 0. The van der Waals surface area contributed by atoms with Gasteiger partial charge in [0.1, 0.15) is 11.2 Å². The molecule has 128 valence electrons. The molecule has 1 heterocycles. The van der Waals surface area contributed by atoms with Gasteiger partial charge in [-0.05, 0) is 34.9 Å². The minimum atomic E-state index is 0.976. The number of hydrogen-bond acceptors (Lipinski definition) is 1. The smallest absolute Gasteiger partial charge is 0.143 e. The summed E-state index contributed by atoms with van der Waals surface area (Å²) in [4.78, 5) is 0. The minimum absolute atomic E-state index is 0.976. The molecule has 0 radical (unpaired) electrons. The van der Waals surface area contributed by atoms with Gasteiger partial charge in [-0.2, -0.15) is 0 Å². The maximum Gasteiger partial charge on any atom is 0.143 e. The summed E-state index contributed by atoms with van der Waals surface area (Å²) in [5.41, 5.74) is 5.47. The largest absolute Gasteiger partial charge is 0.455 e. The number of rotatable bonds is 1. The van der Waals surface area contributed by atoms with Crippen LogP contribution in [0.2, 0.25) is 0 Å². The molecule has 0 aliphatic rings. The molecule has 0 aliphatic heterocycles. The lowest BCUT2D eigenvalue weighted by Gasteiger charge is -2.06. The molecule has 0 unspecified atom stereocenters. The summed E-state index contributed by atoms with van der Waals surface area (Å²) in [6.45, 7) is 6.11. The van der Waals surface area contributed by atoms with E-state index in [1.54, 1.807) is 0 Å². The molecule has 26 heavy (non-hydrogen) atoms. The monoisotopic (exact) mass is 338 g/mol. The molecule has 0 saturated heterocycles. The average molecular weight is 338 g/mol. The lowest BCUT2D eigenvalue weighted by molar-refractivity contribution is 0.667. The van der Waals surface area contributed by atoms with Crippen LogP contribution in [0.5, 0.6) is 0 Å². The molecule has 0 fully saturated rings. The molecule has 1 aromatic heterocycles. The van der Waals surface area contributed by atoms with Gasteiger partial charge < -0.3 is 4.42 Å². The Morgan fingerprint density at radius 2 is 1.35 bits per heavy atom. The summed E-state index contributed by atoms with van der Waals surface area (Å²) < 4.78 is 6.38. The van der Waals surface area contributed by atoms with Crippen LogP contribution in [0.1, 0.15) is 19.4 Å². The number of furan rings is 1. The third-order valence-corrected chi connectivity index (χ3v) is 4.77. The van der Waals surface area contributed by atoms with Gasteiger partial charge >= 0.3 is 0 Å². The van der Waals surface area contributed by atoms with E-state index in [0.717, 1.165) is 16.7 Å². The molecule has 0 N–H and O–H groups in total. The predicted octanol–water partition coefficient (Wildman–Crippen LogP) is 7.74. The van der Waals surface area contributed by atoms with Crippen LogP contribution in [-0.4, -0.2) is 0 Å². The van der Waals surface area contributed by atoms with E-state index in [0.29, 0.717) is 0 Å². The number of benzene rings is 4. The van der Waals surface area contributed by atoms with Crippen molar-refractivity contribution in [1.82, 2.24) is 0 Å². The maximum atomic E-state index is 6.38. The van der Waals surface area contributed by atoms with Crippen molar-refractivity contribution in [1.29, 1.82) is 0 Å². The van der Waals surface area contributed by atoms with E-state index in [9.17, 15) is 0 Å². The van der Waals surface area contributed by atoms with E-state index in [1.807, 2.05) is 19.9 Å².